The summed E-state index contributed by atoms with van der Waals surface area (Å²) in [7, 11) is 3.39. The van der Waals surface area contributed by atoms with E-state index in [1.165, 1.54) is 0 Å². The van der Waals surface area contributed by atoms with E-state index in [-0.39, 0.29) is 24.2 Å². The van der Waals surface area contributed by atoms with E-state index in [1.54, 1.807) is 14.2 Å². The number of methoxy groups -OCH3 is 2. The number of nitrogens with zero attached hydrogens (tertiary/aromatic N) is 2. The molecule has 0 bridgehead atoms. The number of likely N-dealkylation sites (tertiary alicyclic amines) is 1. The molecule has 0 saturated carbocycles. The van der Waals surface area contributed by atoms with Crippen molar-refractivity contribution in [1.82, 2.24) is 15.1 Å². The summed E-state index contributed by atoms with van der Waals surface area (Å²) < 4.78 is 10.8. The largest absolute Gasteiger partial charge is 0.377 e. The maximum atomic E-state index is 12.4. The standard InChI is InChI=1S/C13H25N3O3/c1-10(13(17)15-6-4-14-5-7-15)16-8-11(18-2)12(9-16)19-3/h10-12,14H,4-9H2,1-3H3. The Morgan fingerprint density at radius 3 is 2.16 bits per heavy atom. The van der Waals surface area contributed by atoms with Crippen molar-refractivity contribution < 1.29 is 14.3 Å². The van der Waals surface area contributed by atoms with Gasteiger partial charge in [-0.15, -0.1) is 0 Å². The van der Waals surface area contributed by atoms with Gasteiger partial charge >= 0.3 is 0 Å². The van der Waals surface area contributed by atoms with Crippen LogP contribution >= 0.6 is 0 Å². The van der Waals surface area contributed by atoms with E-state index >= 15 is 0 Å². The number of piperazine rings is 1. The molecule has 19 heavy (non-hydrogen) atoms. The van der Waals surface area contributed by atoms with E-state index in [2.05, 4.69) is 10.2 Å². The Labute approximate surface area is 115 Å². The van der Waals surface area contributed by atoms with Gasteiger partial charge in [0.15, 0.2) is 0 Å². The molecule has 0 aromatic rings. The molecule has 1 amide bonds. The molecule has 2 fully saturated rings. The molecular formula is C13H25N3O3. The Kier molecular flexibility index (Phi) is 5.15. The van der Waals surface area contributed by atoms with Crippen LogP contribution in [-0.2, 0) is 14.3 Å². The molecule has 2 aliphatic rings. The maximum Gasteiger partial charge on any atom is 0.239 e. The number of hydrogen-bond donors (Lipinski definition) is 1. The van der Waals surface area contributed by atoms with E-state index in [0.29, 0.717) is 0 Å². The van der Waals surface area contributed by atoms with Crippen LogP contribution in [-0.4, -0.2) is 87.4 Å². The first-order valence-electron chi connectivity index (χ1n) is 6.96. The van der Waals surface area contributed by atoms with Gasteiger partial charge in [0.2, 0.25) is 5.91 Å². The zero-order chi connectivity index (χ0) is 13.8. The van der Waals surface area contributed by atoms with Crippen LogP contribution in [0.5, 0.6) is 0 Å². The Bertz CT molecular complexity index is 296. The molecule has 0 aromatic carbocycles. The van der Waals surface area contributed by atoms with Crippen molar-refractivity contribution in [3.05, 3.63) is 0 Å². The second kappa shape index (κ2) is 6.65. The molecule has 0 radical (unpaired) electrons. The zero-order valence-corrected chi connectivity index (χ0v) is 12.1. The topological polar surface area (TPSA) is 54.0 Å². The van der Waals surface area contributed by atoms with Gasteiger partial charge in [-0.2, -0.15) is 0 Å². The van der Waals surface area contributed by atoms with Gasteiger partial charge in [-0.3, -0.25) is 9.69 Å². The van der Waals surface area contributed by atoms with Gasteiger partial charge < -0.3 is 19.7 Å². The number of nitrogens with one attached hydrogen (secondary N) is 1. The molecule has 0 aromatic heterocycles. The van der Waals surface area contributed by atoms with Crippen LogP contribution in [0, 0.1) is 0 Å². The highest BCUT2D eigenvalue weighted by Gasteiger charge is 2.38. The molecule has 0 aliphatic carbocycles. The fourth-order valence-electron chi connectivity index (χ4n) is 2.85. The van der Waals surface area contributed by atoms with Crippen LogP contribution in [0.2, 0.25) is 0 Å². The van der Waals surface area contributed by atoms with Gasteiger partial charge in [0, 0.05) is 53.5 Å². The molecule has 2 saturated heterocycles. The highest BCUT2D eigenvalue weighted by molar-refractivity contribution is 5.81. The molecule has 3 unspecified atom stereocenters. The van der Waals surface area contributed by atoms with E-state index in [4.69, 9.17) is 9.47 Å². The lowest BCUT2D eigenvalue weighted by molar-refractivity contribution is -0.136. The quantitative estimate of drug-likeness (QED) is 0.722. The third kappa shape index (κ3) is 3.25. The third-order valence-electron chi connectivity index (χ3n) is 4.18. The maximum absolute atomic E-state index is 12.4. The lowest BCUT2D eigenvalue weighted by Crippen LogP contribution is -2.53. The fourth-order valence-corrected chi connectivity index (χ4v) is 2.85. The zero-order valence-electron chi connectivity index (χ0n) is 12.1. The normalized spacial score (nSPS) is 30.6. The SMILES string of the molecule is COC1CN(C(C)C(=O)N2CCNCC2)CC1OC. The molecule has 6 heteroatoms. The number of hydrogen-bond acceptors (Lipinski definition) is 5. The first-order chi connectivity index (χ1) is 9.17. The van der Waals surface area contributed by atoms with Crippen molar-refractivity contribution in [1.29, 1.82) is 0 Å². The van der Waals surface area contributed by atoms with Gasteiger partial charge in [0.25, 0.3) is 0 Å². The predicted molar refractivity (Wildman–Crippen MR) is 72.1 cm³/mol. The Hall–Kier alpha value is -0.690. The van der Waals surface area contributed by atoms with Gasteiger partial charge in [0.05, 0.1) is 18.2 Å². The molecule has 2 rings (SSSR count). The minimum atomic E-state index is -0.101. The summed E-state index contributed by atoms with van der Waals surface area (Å²) in [5, 5.41) is 3.26. The fraction of sp³-hybridized carbons (Fsp3) is 0.923. The summed E-state index contributed by atoms with van der Waals surface area (Å²) >= 11 is 0. The molecule has 3 atom stereocenters. The third-order valence-corrected chi connectivity index (χ3v) is 4.18. The second-order valence-electron chi connectivity index (χ2n) is 5.25. The first-order valence-corrected chi connectivity index (χ1v) is 6.96. The molecule has 6 nitrogen and oxygen atoms in total. The van der Waals surface area contributed by atoms with Crippen molar-refractivity contribution in [3.63, 3.8) is 0 Å². The van der Waals surface area contributed by atoms with Gasteiger partial charge in [-0.05, 0) is 6.92 Å². The van der Waals surface area contributed by atoms with E-state index in [0.717, 1.165) is 39.3 Å². The van der Waals surface area contributed by atoms with Crippen LogP contribution < -0.4 is 5.32 Å². The van der Waals surface area contributed by atoms with Crippen LogP contribution in [0.3, 0.4) is 0 Å². The molecular weight excluding hydrogens is 246 g/mol. The molecule has 110 valence electrons. The minimum absolute atomic E-state index is 0.0586. The molecule has 2 aliphatic heterocycles. The molecule has 1 N–H and O–H groups in total. The highest BCUT2D eigenvalue weighted by Crippen LogP contribution is 2.19. The van der Waals surface area contributed by atoms with Crippen molar-refractivity contribution >= 4 is 5.91 Å². The van der Waals surface area contributed by atoms with Gasteiger partial charge in [-0.25, -0.2) is 0 Å². The number of amides is 1. The van der Waals surface area contributed by atoms with E-state index in [9.17, 15) is 4.79 Å². The monoisotopic (exact) mass is 271 g/mol. The second-order valence-corrected chi connectivity index (χ2v) is 5.25. The van der Waals surface area contributed by atoms with E-state index < -0.39 is 0 Å². The van der Waals surface area contributed by atoms with Crippen molar-refractivity contribution in [2.45, 2.75) is 25.2 Å². The first kappa shape index (κ1) is 14.7. The summed E-state index contributed by atoms with van der Waals surface area (Å²) in [5.41, 5.74) is 0. The predicted octanol–water partition coefficient (Wildman–Crippen LogP) is -0.848. The van der Waals surface area contributed by atoms with Crippen molar-refractivity contribution in [3.8, 4) is 0 Å². The summed E-state index contributed by atoms with van der Waals surface area (Å²) in [5.74, 6) is 0.216. The summed E-state index contributed by atoms with van der Waals surface area (Å²) in [6, 6.07) is -0.101. The van der Waals surface area contributed by atoms with Crippen molar-refractivity contribution in [2.24, 2.45) is 0 Å². The number of carbonyl (C=O) groups excluding carboxylic acids is 1. The minimum Gasteiger partial charge on any atom is -0.377 e. The van der Waals surface area contributed by atoms with E-state index in [1.807, 2.05) is 11.8 Å². The Morgan fingerprint density at radius 1 is 1.16 bits per heavy atom. The van der Waals surface area contributed by atoms with Crippen LogP contribution in [0.25, 0.3) is 0 Å². The van der Waals surface area contributed by atoms with Crippen molar-refractivity contribution in [2.75, 3.05) is 53.5 Å². The lowest BCUT2D eigenvalue weighted by atomic mass is 10.2. The van der Waals surface area contributed by atoms with Gasteiger partial charge in [0.1, 0.15) is 0 Å². The van der Waals surface area contributed by atoms with Gasteiger partial charge in [-0.1, -0.05) is 0 Å². The average molecular weight is 271 g/mol. The summed E-state index contributed by atoms with van der Waals surface area (Å²) in [6.45, 7) is 6.88. The smallest absolute Gasteiger partial charge is 0.239 e. The molecule has 0 spiro atoms. The lowest BCUT2D eigenvalue weighted by Gasteiger charge is -2.33. The highest BCUT2D eigenvalue weighted by atomic mass is 16.5. The van der Waals surface area contributed by atoms with Crippen LogP contribution in [0.15, 0.2) is 0 Å². The van der Waals surface area contributed by atoms with Crippen LogP contribution in [0.1, 0.15) is 6.92 Å². The van der Waals surface area contributed by atoms with Crippen LogP contribution in [0.4, 0.5) is 0 Å². The Morgan fingerprint density at radius 2 is 1.68 bits per heavy atom. The number of carbonyl (C=O) groups is 1. The molecule has 2 heterocycles. The summed E-state index contributed by atoms with van der Waals surface area (Å²) in [6.07, 6.45) is 0.117. The summed E-state index contributed by atoms with van der Waals surface area (Å²) in [4.78, 5) is 16.6. The number of ether oxygens (including phenoxy) is 2. The average Bonchev–Trinajstić information content (AvgIpc) is 2.89. The number of rotatable bonds is 4. The Balaban J connectivity index is 1.92.